The van der Waals surface area contributed by atoms with Gasteiger partial charge in [-0.3, -0.25) is 0 Å². The molecule has 0 aliphatic carbocycles. The van der Waals surface area contributed by atoms with Crippen LogP contribution in [0.1, 0.15) is 24.8 Å². The second-order valence-electron chi connectivity index (χ2n) is 4.96. The van der Waals surface area contributed by atoms with E-state index in [1.165, 1.54) is 0 Å². The zero-order valence-corrected chi connectivity index (χ0v) is 12.7. The van der Waals surface area contributed by atoms with Gasteiger partial charge >= 0.3 is 0 Å². The summed E-state index contributed by atoms with van der Waals surface area (Å²) in [6, 6.07) is 7.68. The summed E-state index contributed by atoms with van der Waals surface area (Å²) in [6.07, 6.45) is 3.69. The molecule has 1 saturated heterocycles. The first-order valence-electron chi connectivity index (χ1n) is 6.99. The van der Waals surface area contributed by atoms with Crippen molar-refractivity contribution in [1.82, 2.24) is 9.03 Å². The number of piperidine rings is 1. The summed E-state index contributed by atoms with van der Waals surface area (Å²) in [4.78, 5) is 0. The predicted molar refractivity (Wildman–Crippen MR) is 79.0 cm³/mol. The molecule has 1 N–H and O–H groups in total. The standard InChI is InChI=1S/C14H22N2O3S/c1-19-14-7-5-6-13(12-14)8-9-15-20(17,18)16-10-3-2-4-11-16/h5-7,12,15H,2-4,8-11H2,1H3. The van der Waals surface area contributed by atoms with E-state index in [9.17, 15) is 8.42 Å². The quantitative estimate of drug-likeness (QED) is 0.867. The zero-order valence-electron chi connectivity index (χ0n) is 11.8. The van der Waals surface area contributed by atoms with E-state index in [0.717, 1.165) is 30.6 Å². The number of ether oxygens (including phenoxy) is 1. The van der Waals surface area contributed by atoms with E-state index in [1.54, 1.807) is 11.4 Å². The van der Waals surface area contributed by atoms with Gasteiger partial charge in [-0.15, -0.1) is 0 Å². The van der Waals surface area contributed by atoms with Crippen LogP contribution >= 0.6 is 0 Å². The molecule has 6 heteroatoms. The van der Waals surface area contributed by atoms with Crippen LogP contribution in [0, 0.1) is 0 Å². The normalized spacial score (nSPS) is 17.1. The summed E-state index contributed by atoms with van der Waals surface area (Å²) in [5.74, 6) is 0.793. The smallest absolute Gasteiger partial charge is 0.279 e. The molecule has 5 nitrogen and oxygen atoms in total. The summed E-state index contributed by atoms with van der Waals surface area (Å²) in [5.41, 5.74) is 1.06. The molecule has 1 aromatic rings. The average molecular weight is 298 g/mol. The van der Waals surface area contributed by atoms with Gasteiger partial charge in [-0.1, -0.05) is 18.6 Å². The topological polar surface area (TPSA) is 58.6 Å². The van der Waals surface area contributed by atoms with E-state index in [0.29, 0.717) is 26.1 Å². The van der Waals surface area contributed by atoms with Crippen LogP contribution in [0.3, 0.4) is 0 Å². The summed E-state index contributed by atoms with van der Waals surface area (Å²) in [5, 5.41) is 0. The highest BCUT2D eigenvalue weighted by Crippen LogP contribution is 2.14. The van der Waals surface area contributed by atoms with E-state index < -0.39 is 10.2 Å². The molecular weight excluding hydrogens is 276 g/mol. The van der Waals surface area contributed by atoms with Gasteiger partial charge in [0.25, 0.3) is 10.2 Å². The van der Waals surface area contributed by atoms with Gasteiger partial charge in [0.15, 0.2) is 0 Å². The van der Waals surface area contributed by atoms with Crippen molar-refractivity contribution >= 4 is 10.2 Å². The highest BCUT2D eigenvalue weighted by atomic mass is 32.2. The molecule has 0 unspecified atom stereocenters. The van der Waals surface area contributed by atoms with Crippen molar-refractivity contribution in [2.75, 3.05) is 26.7 Å². The van der Waals surface area contributed by atoms with Crippen LogP contribution in [0.15, 0.2) is 24.3 Å². The van der Waals surface area contributed by atoms with Crippen LogP contribution in [0.25, 0.3) is 0 Å². The number of nitrogens with one attached hydrogen (secondary N) is 1. The molecule has 0 amide bonds. The zero-order chi connectivity index (χ0) is 14.4. The number of methoxy groups -OCH3 is 1. The van der Waals surface area contributed by atoms with Gasteiger partial charge in [-0.25, -0.2) is 4.72 Å². The number of benzene rings is 1. The molecule has 0 atom stereocenters. The Morgan fingerprint density at radius 1 is 1.25 bits per heavy atom. The second-order valence-corrected chi connectivity index (χ2v) is 6.72. The Balaban J connectivity index is 1.85. The molecule has 1 fully saturated rings. The first kappa shape index (κ1) is 15.3. The molecule has 0 bridgehead atoms. The molecule has 1 aromatic carbocycles. The van der Waals surface area contributed by atoms with Crippen LogP contribution < -0.4 is 9.46 Å². The van der Waals surface area contributed by atoms with E-state index in [2.05, 4.69) is 4.72 Å². The molecule has 1 aliphatic heterocycles. The Labute approximate surface area is 121 Å². The lowest BCUT2D eigenvalue weighted by atomic mass is 10.1. The summed E-state index contributed by atoms with van der Waals surface area (Å²) < 4.78 is 33.5. The fourth-order valence-corrected chi connectivity index (χ4v) is 3.63. The van der Waals surface area contributed by atoms with E-state index in [4.69, 9.17) is 4.74 Å². The fraction of sp³-hybridized carbons (Fsp3) is 0.571. The Bertz CT molecular complexity index is 525. The molecule has 0 aromatic heterocycles. The highest BCUT2D eigenvalue weighted by Gasteiger charge is 2.22. The third-order valence-corrected chi connectivity index (χ3v) is 5.10. The van der Waals surface area contributed by atoms with Gasteiger partial charge < -0.3 is 4.74 Å². The average Bonchev–Trinajstić information content (AvgIpc) is 2.48. The lowest BCUT2D eigenvalue weighted by molar-refractivity contribution is 0.342. The molecule has 0 saturated carbocycles. The van der Waals surface area contributed by atoms with Gasteiger partial charge in [0.05, 0.1) is 7.11 Å². The minimum absolute atomic E-state index is 0.409. The van der Waals surface area contributed by atoms with Crippen LogP contribution in [-0.4, -0.2) is 39.5 Å². The van der Waals surface area contributed by atoms with Gasteiger partial charge in [0.1, 0.15) is 5.75 Å². The van der Waals surface area contributed by atoms with Gasteiger partial charge in [0.2, 0.25) is 0 Å². The minimum Gasteiger partial charge on any atom is -0.497 e. The summed E-state index contributed by atoms with van der Waals surface area (Å²) >= 11 is 0. The van der Waals surface area contributed by atoms with Crippen molar-refractivity contribution in [3.05, 3.63) is 29.8 Å². The lowest BCUT2D eigenvalue weighted by Crippen LogP contribution is -2.43. The molecule has 0 radical (unpaired) electrons. The minimum atomic E-state index is -3.32. The van der Waals surface area contributed by atoms with Gasteiger partial charge in [0, 0.05) is 19.6 Å². The van der Waals surface area contributed by atoms with E-state index in [1.807, 2.05) is 24.3 Å². The lowest BCUT2D eigenvalue weighted by Gasteiger charge is -2.25. The number of hydrogen-bond donors (Lipinski definition) is 1. The molecule has 20 heavy (non-hydrogen) atoms. The maximum atomic E-state index is 12.1. The van der Waals surface area contributed by atoms with Crippen molar-refractivity contribution in [3.8, 4) is 5.75 Å². The number of nitrogens with zero attached hydrogens (tertiary/aromatic N) is 1. The first-order valence-corrected chi connectivity index (χ1v) is 8.43. The first-order chi connectivity index (χ1) is 9.62. The maximum Gasteiger partial charge on any atom is 0.279 e. The van der Waals surface area contributed by atoms with E-state index >= 15 is 0 Å². The van der Waals surface area contributed by atoms with Crippen molar-refractivity contribution in [3.63, 3.8) is 0 Å². The molecule has 1 aliphatic rings. The fourth-order valence-electron chi connectivity index (χ4n) is 2.35. The van der Waals surface area contributed by atoms with Crippen LogP contribution in [0.5, 0.6) is 5.75 Å². The van der Waals surface area contributed by atoms with Crippen molar-refractivity contribution in [1.29, 1.82) is 0 Å². The van der Waals surface area contributed by atoms with Crippen LogP contribution in [0.4, 0.5) is 0 Å². The van der Waals surface area contributed by atoms with Crippen molar-refractivity contribution in [2.24, 2.45) is 0 Å². The monoisotopic (exact) mass is 298 g/mol. The van der Waals surface area contributed by atoms with E-state index in [-0.39, 0.29) is 0 Å². The summed E-state index contributed by atoms with van der Waals surface area (Å²) in [6.45, 7) is 1.68. The third-order valence-electron chi connectivity index (χ3n) is 3.49. The highest BCUT2D eigenvalue weighted by molar-refractivity contribution is 7.87. The van der Waals surface area contributed by atoms with Crippen LogP contribution in [-0.2, 0) is 16.6 Å². The number of hydrogen-bond acceptors (Lipinski definition) is 3. The van der Waals surface area contributed by atoms with Crippen molar-refractivity contribution in [2.45, 2.75) is 25.7 Å². The predicted octanol–water partition coefficient (Wildman–Crippen LogP) is 1.56. The van der Waals surface area contributed by atoms with Gasteiger partial charge in [-0.2, -0.15) is 12.7 Å². The molecule has 0 spiro atoms. The van der Waals surface area contributed by atoms with Crippen LogP contribution in [0.2, 0.25) is 0 Å². The summed E-state index contributed by atoms with van der Waals surface area (Å²) in [7, 11) is -1.69. The number of rotatable bonds is 6. The maximum absolute atomic E-state index is 12.1. The molecule has 112 valence electrons. The Hall–Kier alpha value is -1.11. The molecular formula is C14H22N2O3S. The third kappa shape index (κ3) is 4.19. The van der Waals surface area contributed by atoms with Crippen molar-refractivity contribution < 1.29 is 13.2 Å². The largest absolute Gasteiger partial charge is 0.497 e. The Kier molecular flexibility index (Phi) is 5.39. The second kappa shape index (κ2) is 7.06. The van der Waals surface area contributed by atoms with Gasteiger partial charge in [-0.05, 0) is 37.0 Å². The Morgan fingerprint density at radius 2 is 2.00 bits per heavy atom. The SMILES string of the molecule is COc1cccc(CCNS(=O)(=O)N2CCCCC2)c1. The Morgan fingerprint density at radius 3 is 2.70 bits per heavy atom. The molecule has 2 rings (SSSR count). The molecule has 1 heterocycles.